The Labute approximate surface area is 225 Å². The number of nitrogens with one attached hydrogen (secondary N) is 3. The molecular formula is C29H28N4O4S. The van der Waals surface area contributed by atoms with E-state index in [1.54, 1.807) is 43.3 Å². The van der Waals surface area contributed by atoms with Crippen LogP contribution in [0.3, 0.4) is 0 Å². The van der Waals surface area contributed by atoms with Crippen LogP contribution >= 0.6 is 11.8 Å². The first-order chi connectivity index (χ1) is 18.4. The minimum absolute atomic E-state index is 0.0592. The summed E-state index contributed by atoms with van der Waals surface area (Å²) >= 11 is 1.19. The number of ether oxygens (including phenoxy) is 1. The maximum atomic E-state index is 13.4. The summed E-state index contributed by atoms with van der Waals surface area (Å²) in [5, 5.41) is 19.6. The summed E-state index contributed by atoms with van der Waals surface area (Å²) < 4.78 is 11.1. The van der Waals surface area contributed by atoms with Gasteiger partial charge in [0.1, 0.15) is 11.5 Å². The smallest absolute Gasteiger partial charge is 0.254 e. The maximum absolute atomic E-state index is 13.4. The van der Waals surface area contributed by atoms with Gasteiger partial charge in [-0.1, -0.05) is 23.9 Å². The van der Waals surface area contributed by atoms with Gasteiger partial charge in [-0.3, -0.25) is 9.59 Å². The number of hydrogen-bond donors (Lipinski definition) is 3. The molecule has 0 saturated carbocycles. The Kier molecular flexibility index (Phi) is 8.56. The van der Waals surface area contributed by atoms with Crippen LogP contribution in [-0.4, -0.2) is 24.2 Å². The van der Waals surface area contributed by atoms with Gasteiger partial charge >= 0.3 is 0 Å². The van der Waals surface area contributed by atoms with Gasteiger partial charge in [0, 0.05) is 17.1 Å². The fourth-order valence-corrected chi connectivity index (χ4v) is 5.02. The largest absolute Gasteiger partial charge is 0.494 e. The summed E-state index contributed by atoms with van der Waals surface area (Å²) in [4.78, 5) is 26.1. The molecule has 0 aliphatic carbocycles. The van der Waals surface area contributed by atoms with Gasteiger partial charge in [-0.2, -0.15) is 5.26 Å². The van der Waals surface area contributed by atoms with E-state index in [4.69, 9.17) is 9.15 Å². The number of dihydropyridines is 1. The van der Waals surface area contributed by atoms with Crippen LogP contribution in [0.15, 0.2) is 93.2 Å². The fourth-order valence-electron chi connectivity index (χ4n) is 4.12. The second-order valence-corrected chi connectivity index (χ2v) is 9.57. The lowest BCUT2D eigenvalue weighted by atomic mass is 9.85. The van der Waals surface area contributed by atoms with E-state index in [1.165, 1.54) is 18.0 Å². The van der Waals surface area contributed by atoms with E-state index in [9.17, 15) is 14.9 Å². The number of nitriles is 1. The summed E-state index contributed by atoms with van der Waals surface area (Å²) in [5.74, 6) is -0.0454. The monoisotopic (exact) mass is 528 g/mol. The van der Waals surface area contributed by atoms with Crippen LogP contribution in [0.25, 0.3) is 0 Å². The molecule has 0 spiro atoms. The van der Waals surface area contributed by atoms with Gasteiger partial charge in [0.2, 0.25) is 5.91 Å². The van der Waals surface area contributed by atoms with Gasteiger partial charge in [-0.25, -0.2) is 0 Å². The average molecular weight is 529 g/mol. The minimum Gasteiger partial charge on any atom is -0.494 e. The number of aryl methyl sites for hydroxylation is 1. The lowest BCUT2D eigenvalue weighted by Gasteiger charge is -2.28. The molecule has 38 heavy (non-hydrogen) atoms. The molecule has 194 valence electrons. The van der Waals surface area contributed by atoms with E-state index in [0.29, 0.717) is 45.6 Å². The third kappa shape index (κ3) is 6.28. The van der Waals surface area contributed by atoms with Gasteiger partial charge in [0.25, 0.3) is 5.91 Å². The number of rotatable bonds is 9. The van der Waals surface area contributed by atoms with Crippen molar-refractivity contribution >= 4 is 35.0 Å². The van der Waals surface area contributed by atoms with E-state index >= 15 is 0 Å². The van der Waals surface area contributed by atoms with Crippen LogP contribution < -0.4 is 20.7 Å². The van der Waals surface area contributed by atoms with E-state index in [1.807, 2.05) is 38.1 Å². The Bertz CT molecular complexity index is 1420. The first-order valence-corrected chi connectivity index (χ1v) is 13.1. The second kappa shape index (κ2) is 12.2. The molecule has 1 aromatic heterocycles. The summed E-state index contributed by atoms with van der Waals surface area (Å²) in [6, 6.07) is 20.3. The zero-order valence-electron chi connectivity index (χ0n) is 21.3. The number of thioether (sulfide) groups is 1. The fraction of sp³-hybridized carbons (Fsp3) is 0.207. The Hall–Kier alpha value is -4.42. The van der Waals surface area contributed by atoms with Gasteiger partial charge in [-0.05, 0) is 74.9 Å². The van der Waals surface area contributed by atoms with Crippen molar-refractivity contribution in [3.63, 3.8) is 0 Å². The van der Waals surface area contributed by atoms with E-state index in [2.05, 4.69) is 22.0 Å². The van der Waals surface area contributed by atoms with Crippen molar-refractivity contribution in [3.8, 4) is 11.8 Å². The normalized spacial score (nSPS) is 14.9. The van der Waals surface area contributed by atoms with Crippen LogP contribution in [0.2, 0.25) is 0 Å². The molecule has 3 N–H and O–H groups in total. The molecule has 4 rings (SSSR count). The maximum Gasteiger partial charge on any atom is 0.254 e. The van der Waals surface area contributed by atoms with Crippen LogP contribution in [0, 0.1) is 18.3 Å². The van der Waals surface area contributed by atoms with Crippen LogP contribution in [0.1, 0.15) is 31.1 Å². The lowest BCUT2D eigenvalue weighted by Crippen LogP contribution is -2.31. The minimum atomic E-state index is -0.724. The highest BCUT2D eigenvalue weighted by atomic mass is 32.2. The Morgan fingerprint density at radius 2 is 1.87 bits per heavy atom. The van der Waals surface area contributed by atoms with E-state index in [0.717, 1.165) is 11.3 Å². The molecule has 1 aliphatic rings. The van der Waals surface area contributed by atoms with Crippen molar-refractivity contribution < 1.29 is 18.7 Å². The SMILES string of the molecule is CCOc1ccc(NC(=O)CSC2=C(C#N)C(c3ccco3)C(C(=O)Nc3cccc(C)c3)=C(C)N2)cc1. The molecular weight excluding hydrogens is 500 g/mol. The molecule has 0 radical (unpaired) electrons. The van der Waals surface area contributed by atoms with Crippen LogP contribution in [0.4, 0.5) is 11.4 Å². The standard InChI is InChI=1S/C29H28N4O4S/c1-4-36-22-12-10-20(11-13-22)32-25(34)17-38-29-23(16-30)27(24-9-6-14-37-24)26(19(3)31-29)28(35)33-21-8-5-7-18(2)15-21/h5-15,27,31H,4,17H2,1-3H3,(H,32,34)(H,33,35). The average Bonchev–Trinajstić information content (AvgIpc) is 3.43. The molecule has 3 aromatic rings. The van der Waals surface area contributed by atoms with Gasteiger partial charge in [0.05, 0.1) is 46.8 Å². The molecule has 2 aromatic carbocycles. The molecule has 1 unspecified atom stereocenters. The molecule has 0 bridgehead atoms. The summed E-state index contributed by atoms with van der Waals surface area (Å²) in [6.45, 7) is 6.19. The highest BCUT2D eigenvalue weighted by Gasteiger charge is 2.36. The van der Waals surface area contributed by atoms with Crippen molar-refractivity contribution in [2.45, 2.75) is 26.7 Å². The predicted octanol–water partition coefficient (Wildman–Crippen LogP) is 5.69. The zero-order valence-corrected chi connectivity index (χ0v) is 22.1. The summed E-state index contributed by atoms with van der Waals surface area (Å²) in [7, 11) is 0. The quantitative estimate of drug-likeness (QED) is 0.326. The van der Waals surface area contributed by atoms with Gasteiger partial charge < -0.3 is 25.1 Å². The van der Waals surface area contributed by atoms with Gasteiger partial charge in [-0.15, -0.1) is 0 Å². The Morgan fingerprint density at radius 3 is 2.53 bits per heavy atom. The van der Waals surface area contributed by atoms with Gasteiger partial charge in [0.15, 0.2) is 0 Å². The second-order valence-electron chi connectivity index (χ2n) is 8.58. The topological polar surface area (TPSA) is 116 Å². The highest BCUT2D eigenvalue weighted by Crippen LogP contribution is 2.41. The molecule has 0 fully saturated rings. The highest BCUT2D eigenvalue weighted by molar-refractivity contribution is 8.03. The number of anilines is 2. The van der Waals surface area contributed by atoms with Crippen LogP contribution in [0.5, 0.6) is 5.75 Å². The molecule has 2 amide bonds. The third-order valence-corrected chi connectivity index (χ3v) is 6.81. The number of furan rings is 1. The molecule has 1 aliphatic heterocycles. The van der Waals surface area contributed by atoms with Crippen molar-refractivity contribution in [3.05, 3.63) is 100 Å². The summed E-state index contributed by atoms with van der Waals surface area (Å²) in [6.07, 6.45) is 1.51. The van der Waals surface area contributed by atoms with Crippen molar-refractivity contribution in [2.24, 2.45) is 0 Å². The van der Waals surface area contributed by atoms with Crippen molar-refractivity contribution in [1.82, 2.24) is 5.32 Å². The molecule has 1 atom stereocenters. The van der Waals surface area contributed by atoms with E-state index in [-0.39, 0.29) is 17.6 Å². The number of carbonyl (C=O) groups excluding carboxylic acids is 2. The molecule has 2 heterocycles. The Balaban J connectivity index is 1.53. The zero-order chi connectivity index (χ0) is 27.1. The predicted molar refractivity (Wildman–Crippen MR) is 148 cm³/mol. The lowest BCUT2D eigenvalue weighted by molar-refractivity contribution is -0.114. The van der Waals surface area contributed by atoms with Crippen LogP contribution in [-0.2, 0) is 9.59 Å². The third-order valence-electron chi connectivity index (χ3n) is 5.79. The number of carbonyl (C=O) groups is 2. The first-order valence-electron chi connectivity index (χ1n) is 12.1. The number of amides is 2. The molecule has 8 nitrogen and oxygen atoms in total. The van der Waals surface area contributed by atoms with E-state index < -0.39 is 5.92 Å². The number of nitrogens with zero attached hydrogens (tertiary/aromatic N) is 1. The first kappa shape index (κ1) is 26.6. The number of hydrogen-bond acceptors (Lipinski definition) is 7. The van der Waals surface area contributed by atoms with Crippen molar-refractivity contribution in [1.29, 1.82) is 5.26 Å². The Morgan fingerprint density at radius 1 is 1.08 bits per heavy atom. The number of benzene rings is 2. The summed E-state index contributed by atoms with van der Waals surface area (Å²) in [5.41, 5.74) is 3.56. The number of allylic oxidation sites excluding steroid dienone is 2. The van der Waals surface area contributed by atoms with Crippen molar-refractivity contribution in [2.75, 3.05) is 23.0 Å². The molecule has 0 saturated heterocycles. The molecule has 9 heteroatoms.